The number of pyridine rings is 1. The van der Waals surface area contributed by atoms with Gasteiger partial charge in [-0.2, -0.15) is 10.5 Å². The van der Waals surface area contributed by atoms with Gasteiger partial charge in [-0.05, 0) is 73.2 Å². The molecular formula is C29H27N5O2. The minimum Gasteiger partial charge on any atom is -0.474 e. The summed E-state index contributed by atoms with van der Waals surface area (Å²) in [5.41, 5.74) is 3.81. The molecule has 3 aromatic rings. The van der Waals surface area contributed by atoms with Gasteiger partial charge in [0.15, 0.2) is 0 Å². The number of nitrogens with zero attached hydrogens (tertiary/aromatic N) is 4. The van der Waals surface area contributed by atoms with Crippen LogP contribution in [0.15, 0.2) is 66.9 Å². The summed E-state index contributed by atoms with van der Waals surface area (Å²) in [4.78, 5) is 19.7. The van der Waals surface area contributed by atoms with Gasteiger partial charge in [-0.1, -0.05) is 18.2 Å². The number of hydrogen-bond acceptors (Lipinski definition) is 6. The van der Waals surface area contributed by atoms with E-state index >= 15 is 0 Å². The van der Waals surface area contributed by atoms with Crippen LogP contribution in [0.5, 0.6) is 5.88 Å². The first kappa shape index (κ1) is 23.5. The molecule has 5 rings (SSSR count). The summed E-state index contributed by atoms with van der Waals surface area (Å²) >= 11 is 0. The van der Waals surface area contributed by atoms with Crippen molar-refractivity contribution in [2.75, 3.05) is 13.1 Å². The highest BCUT2D eigenvalue weighted by molar-refractivity contribution is 5.94. The van der Waals surface area contributed by atoms with Crippen molar-refractivity contribution in [2.24, 2.45) is 0 Å². The minimum absolute atomic E-state index is 0.00297. The molecule has 2 atom stereocenters. The summed E-state index contributed by atoms with van der Waals surface area (Å²) in [5.74, 6) is 0.511. The molecule has 0 radical (unpaired) electrons. The Labute approximate surface area is 211 Å². The van der Waals surface area contributed by atoms with Gasteiger partial charge in [0.05, 0.1) is 29.3 Å². The first-order valence-electron chi connectivity index (χ1n) is 12.3. The lowest BCUT2D eigenvalue weighted by atomic mass is 9.96. The first-order valence-corrected chi connectivity index (χ1v) is 12.3. The molecule has 2 fully saturated rings. The zero-order valence-electron chi connectivity index (χ0n) is 19.9. The van der Waals surface area contributed by atoms with E-state index < -0.39 is 0 Å². The van der Waals surface area contributed by atoms with Crippen LogP contribution in [0.4, 0.5) is 0 Å². The van der Waals surface area contributed by atoms with Gasteiger partial charge >= 0.3 is 0 Å². The molecule has 2 heterocycles. The molecular weight excluding hydrogens is 450 g/mol. The number of benzene rings is 2. The summed E-state index contributed by atoms with van der Waals surface area (Å²) in [6.45, 7) is 1.50. The second-order valence-corrected chi connectivity index (χ2v) is 9.38. The molecule has 1 saturated carbocycles. The lowest BCUT2D eigenvalue weighted by Crippen LogP contribution is -2.38. The Hall–Kier alpha value is -4.20. The van der Waals surface area contributed by atoms with Crippen molar-refractivity contribution in [2.45, 2.75) is 43.9 Å². The van der Waals surface area contributed by atoms with E-state index in [1.807, 2.05) is 36.5 Å². The molecule has 1 amide bonds. The second-order valence-electron chi connectivity index (χ2n) is 9.38. The maximum absolute atomic E-state index is 12.8. The second kappa shape index (κ2) is 10.6. The van der Waals surface area contributed by atoms with Gasteiger partial charge in [0, 0.05) is 37.0 Å². The van der Waals surface area contributed by atoms with Crippen molar-refractivity contribution in [3.8, 4) is 18.0 Å². The number of rotatable bonds is 7. The van der Waals surface area contributed by atoms with Crippen LogP contribution in [-0.2, 0) is 0 Å². The zero-order chi connectivity index (χ0) is 24.9. The maximum Gasteiger partial charge on any atom is 0.251 e. The highest BCUT2D eigenvalue weighted by Crippen LogP contribution is 2.33. The van der Waals surface area contributed by atoms with E-state index in [0.717, 1.165) is 36.9 Å². The Morgan fingerprint density at radius 2 is 1.61 bits per heavy atom. The Bertz CT molecular complexity index is 1290. The molecule has 7 nitrogen and oxygen atoms in total. The maximum atomic E-state index is 12.8. The largest absolute Gasteiger partial charge is 0.474 e. The topological polar surface area (TPSA) is 102 Å². The molecule has 180 valence electrons. The number of likely N-dealkylation sites (tertiary alicyclic amines) is 1. The van der Waals surface area contributed by atoms with Crippen molar-refractivity contribution in [1.82, 2.24) is 15.2 Å². The van der Waals surface area contributed by atoms with Crippen molar-refractivity contribution in [3.05, 3.63) is 94.7 Å². The lowest BCUT2D eigenvalue weighted by Gasteiger charge is -2.29. The van der Waals surface area contributed by atoms with E-state index in [1.165, 1.54) is 6.42 Å². The van der Waals surface area contributed by atoms with Crippen LogP contribution in [0.25, 0.3) is 0 Å². The number of nitrogens with one attached hydrogen (secondary N) is 1. The van der Waals surface area contributed by atoms with E-state index in [9.17, 15) is 10.1 Å². The van der Waals surface area contributed by atoms with Gasteiger partial charge in [-0.3, -0.25) is 9.69 Å². The van der Waals surface area contributed by atoms with Crippen LogP contribution >= 0.6 is 0 Å². The number of aromatic nitrogens is 1. The molecule has 2 aromatic carbocycles. The van der Waals surface area contributed by atoms with Gasteiger partial charge in [-0.25, -0.2) is 4.98 Å². The number of amides is 1. The van der Waals surface area contributed by atoms with Gasteiger partial charge in [-0.15, -0.1) is 0 Å². The molecule has 1 aromatic heterocycles. The molecule has 2 aliphatic rings. The molecule has 1 aliphatic heterocycles. The Morgan fingerprint density at radius 1 is 0.944 bits per heavy atom. The SMILES string of the molecule is N#Cc1ccc(C(=O)N[C@@H]2CCN(C(c3ccc(C#N)cc3)c3ccc(OC4CCC4)nc3)C2)cc1. The van der Waals surface area contributed by atoms with Crippen molar-refractivity contribution >= 4 is 5.91 Å². The highest BCUT2D eigenvalue weighted by Gasteiger charge is 2.31. The number of carbonyl (C=O) groups excluding carboxylic acids is 1. The Balaban J connectivity index is 1.32. The average Bonchev–Trinajstić information content (AvgIpc) is 3.35. The van der Waals surface area contributed by atoms with Gasteiger partial charge < -0.3 is 10.1 Å². The first-order chi connectivity index (χ1) is 17.6. The smallest absolute Gasteiger partial charge is 0.251 e. The van der Waals surface area contributed by atoms with Gasteiger partial charge in [0.2, 0.25) is 5.88 Å². The summed E-state index contributed by atoms with van der Waals surface area (Å²) in [7, 11) is 0. The normalized spacial score (nSPS) is 18.4. The van der Waals surface area contributed by atoms with Crippen molar-refractivity contribution in [1.29, 1.82) is 10.5 Å². The monoisotopic (exact) mass is 477 g/mol. The molecule has 1 N–H and O–H groups in total. The fraction of sp³-hybridized carbons (Fsp3) is 0.310. The van der Waals surface area contributed by atoms with Crippen LogP contribution in [0.1, 0.15) is 64.3 Å². The van der Waals surface area contributed by atoms with E-state index in [2.05, 4.69) is 33.4 Å². The van der Waals surface area contributed by atoms with Crippen LogP contribution in [-0.4, -0.2) is 41.0 Å². The third-order valence-corrected chi connectivity index (χ3v) is 6.97. The molecule has 1 aliphatic carbocycles. The lowest BCUT2D eigenvalue weighted by molar-refractivity contribution is 0.0936. The van der Waals surface area contributed by atoms with E-state index in [4.69, 9.17) is 10.00 Å². The third-order valence-electron chi connectivity index (χ3n) is 6.97. The molecule has 0 bridgehead atoms. The standard InChI is InChI=1S/C29H27N5O2/c30-16-20-4-8-22(9-5-20)28(24-12-13-27(32-18-24)36-26-2-1-3-26)34-15-14-25(19-34)33-29(35)23-10-6-21(17-31)7-11-23/h4-13,18,25-26,28H,1-3,14-15,19H2,(H,33,35)/t25-,28?/m1/s1. The predicted molar refractivity (Wildman–Crippen MR) is 134 cm³/mol. The Morgan fingerprint density at radius 3 is 2.19 bits per heavy atom. The number of ether oxygens (including phenoxy) is 1. The molecule has 7 heteroatoms. The van der Waals surface area contributed by atoms with Gasteiger partial charge in [0.1, 0.15) is 6.10 Å². The third kappa shape index (κ3) is 5.22. The zero-order valence-corrected chi connectivity index (χ0v) is 19.9. The minimum atomic E-state index is -0.138. The van der Waals surface area contributed by atoms with Crippen LogP contribution in [0.2, 0.25) is 0 Å². The number of carbonyl (C=O) groups is 1. The number of hydrogen-bond donors (Lipinski definition) is 1. The summed E-state index contributed by atoms with van der Waals surface area (Å²) in [6.07, 6.45) is 6.35. The summed E-state index contributed by atoms with van der Waals surface area (Å²) < 4.78 is 5.94. The molecule has 0 spiro atoms. The summed E-state index contributed by atoms with van der Waals surface area (Å²) in [5, 5.41) is 21.3. The quantitative estimate of drug-likeness (QED) is 0.543. The molecule has 36 heavy (non-hydrogen) atoms. The fourth-order valence-corrected chi connectivity index (χ4v) is 4.74. The average molecular weight is 478 g/mol. The van der Waals surface area contributed by atoms with Crippen LogP contribution < -0.4 is 10.1 Å². The molecule has 1 unspecified atom stereocenters. The van der Waals surface area contributed by atoms with Crippen molar-refractivity contribution in [3.63, 3.8) is 0 Å². The van der Waals surface area contributed by atoms with E-state index in [-0.39, 0.29) is 24.1 Å². The van der Waals surface area contributed by atoms with E-state index in [1.54, 1.807) is 24.3 Å². The molecule has 1 saturated heterocycles. The highest BCUT2D eigenvalue weighted by atomic mass is 16.5. The number of nitriles is 2. The van der Waals surface area contributed by atoms with Crippen LogP contribution in [0, 0.1) is 22.7 Å². The van der Waals surface area contributed by atoms with Gasteiger partial charge in [0.25, 0.3) is 5.91 Å². The van der Waals surface area contributed by atoms with E-state index in [0.29, 0.717) is 29.1 Å². The Kier molecular flexibility index (Phi) is 6.93. The fourth-order valence-electron chi connectivity index (χ4n) is 4.74. The van der Waals surface area contributed by atoms with Crippen LogP contribution in [0.3, 0.4) is 0 Å². The predicted octanol–water partition coefficient (Wildman–Crippen LogP) is 4.35. The van der Waals surface area contributed by atoms with Crippen molar-refractivity contribution < 1.29 is 9.53 Å². The summed E-state index contributed by atoms with van der Waals surface area (Å²) in [6, 6.07) is 22.5.